The van der Waals surface area contributed by atoms with Gasteiger partial charge in [0.2, 0.25) is 11.8 Å². The van der Waals surface area contributed by atoms with E-state index in [4.69, 9.17) is 5.11 Å². The van der Waals surface area contributed by atoms with Crippen molar-refractivity contribution >= 4 is 17.8 Å². The fraction of sp³-hybridized carbons (Fsp3) is 0.667. The molecule has 1 rings (SSSR count). The van der Waals surface area contributed by atoms with E-state index in [0.29, 0.717) is 6.42 Å². The third-order valence-electron chi connectivity index (χ3n) is 2.46. The van der Waals surface area contributed by atoms with Crippen LogP contribution in [0.2, 0.25) is 0 Å². The van der Waals surface area contributed by atoms with Gasteiger partial charge in [0.1, 0.15) is 0 Å². The molecule has 15 heavy (non-hydrogen) atoms. The molecule has 0 saturated heterocycles. The van der Waals surface area contributed by atoms with Gasteiger partial charge in [0.25, 0.3) is 0 Å². The molecule has 0 unspecified atom stereocenters. The second kappa shape index (κ2) is 4.29. The molecule has 2 amide bonds. The Balaban J connectivity index is 2.42. The molecule has 1 aliphatic carbocycles. The van der Waals surface area contributed by atoms with Gasteiger partial charge < -0.3 is 15.3 Å². The minimum absolute atomic E-state index is 0.0296. The lowest BCUT2D eigenvalue weighted by Gasteiger charge is -2.15. The SMILES string of the molecule is CNC(=O)CN(C)C(=O)[C@@H]1C[C@@H]1C(=O)O. The summed E-state index contributed by atoms with van der Waals surface area (Å²) in [5.74, 6) is -2.49. The lowest BCUT2D eigenvalue weighted by Crippen LogP contribution is -2.38. The van der Waals surface area contributed by atoms with Crippen molar-refractivity contribution in [2.75, 3.05) is 20.6 Å². The highest BCUT2D eigenvalue weighted by atomic mass is 16.4. The summed E-state index contributed by atoms with van der Waals surface area (Å²) in [6.07, 6.45) is 0.381. The highest BCUT2D eigenvalue weighted by Gasteiger charge is 2.49. The van der Waals surface area contributed by atoms with E-state index in [-0.39, 0.29) is 18.4 Å². The van der Waals surface area contributed by atoms with E-state index in [9.17, 15) is 14.4 Å². The Bertz CT molecular complexity index is 302. The van der Waals surface area contributed by atoms with Crippen molar-refractivity contribution < 1.29 is 19.5 Å². The van der Waals surface area contributed by atoms with E-state index in [2.05, 4.69) is 5.32 Å². The number of hydrogen-bond donors (Lipinski definition) is 2. The summed E-state index contributed by atoms with van der Waals surface area (Å²) in [7, 11) is 2.98. The van der Waals surface area contributed by atoms with Crippen molar-refractivity contribution in [1.82, 2.24) is 10.2 Å². The Labute approximate surface area is 87.2 Å². The predicted octanol–water partition coefficient (Wildman–Crippen LogP) is -1.09. The van der Waals surface area contributed by atoms with Crippen LogP contribution < -0.4 is 5.32 Å². The molecule has 6 nitrogen and oxygen atoms in total. The molecule has 1 aliphatic rings. The highest BCUT2D eigenvalue weighted by molar-refractivity contribution is 5.91. The second-order valence-electron chi connectivity index (χ2n) is 3.65. The summed E-state index contributed by atoms with van der Waals surface area (Å²) >= 11 is 0. The number of amides is 2. The van der Waals surface area contributed by atoms with Crippen LogP contribution in [0.25, 0.3) is 0 Å². The van der Waals surface area contributed by atoms with Crippen molar-refractivity contribution in [3.05, 3.63) is 0 Å². The number of carbonyl (C=O) groups is 3. The summed E-state index contributed by atoms with van der Waals surface area (Å²) in [4.78, 5) is 34.3. The molecule has 0 aromatic heterocycles. The number of rotatable bonds is 4. The molecule has 0 aromatic rings. The van der Waals surface area contributed by atoms with E-state index in [0.717, 1.165) is 0 Å². The molecule has 0 heterocycles. The largest absolute Gasteiger partial charge is 0.481 e. The monoisotopic (exact) mass is 214 g/mol. The fourth-order valence-electron chi connectivity index (χ4n) is 1.40. The zero-order valence-electron chi connectivity index (χ0n) is 8.69. The average molecular weight is 214 g/mol. The zero-order chi connectivity index (χ0) is 11.6. The number of carboxylic acids is 1. The predicted molar refractivity (Wildman–Crippen MR) is 50.9 cm³/mol. The number of nitrogens with zero attached hydrogens (tertiary/aromatic N) is 1. The molecule has 1 fully saturated rings. The first-order valence-electron chi connectivity index (χ1n) is 4.65. The number of carboxylic acid groups (broad SMARTS) is 1. The van der Waals surface area contributed by atoms with Gasteiger partial charge in [-0.1, -0.05) is 0 Å². The van der Waals surface area contributed by atoms with Gasteiger partial charge in [-0.2, -0.15) is 0 Å². The van der Waals surface area contributed by atoms with Crippen molar-refractivity contribution in [2.45, 2.75) is 6.42 Å². The maximum absolute atomic E-state index is 11.6. The van der Waals surface area contributed by atoms with Crippen LogP contribution in [-0.2, 0) is 14.4 Å². The van der Waals surface area contributed by atoms with Crippen molar-refractivity contribution in [3.8, 4) is 0 Å². The molecule has 0 aliphatic heterocycles. The third kappa shape index (κ3) is 2.68. The first-order valence-corrected chi connectivity index (χ1v) is 4.65. The molecule has 2 N–H and O–H groups in total. The fourth-order valence-corrected chi connectivity index (χ4v) is 1.40. The normalized spacial score (nSPS) is 23.1. The van der Waals surface area contributed by atoms with Crippen LogP contribution in [-0.4, -0.2) is 48.4 Å². The van der Waals surface area contributed by atoms with Gasteiger partial charge in [0.05, 0.1) is 18.4 Å². The standard InChI is InChI=1S/C9H14N2O4/c1-10-7(12)4-11(2)8(13)5-3-6(5)9(14)15/h5-6H,3-4H2,1-2H3,(H,10,12)(H,14,15)/t5-,6+/m1/s1. The van der Waals surface area contributed by atoms with E-state index in [1.54, 1.807) is 0 Å². The molecule has 1 saturated carbocycles. The van der Waals surface area contributed by atoms with Crippen molar-refractivity contribution in [2.24, 2.45) is 11.8 Å². The van der Waals surface area contributed by atoms with Gasteiger partial charge in [-0.3, -0.25) is 14.4 Å². The van der Waals surface area contributed by atoms with Crippen LogP contribution in [0.1, 0.15) is 6.42 Å². The lowest BCUT2D eigenvalue weighted by atomic mass is 10.3. The minimum Gasteiger partial charge on any atom is -0.481 e. The minimum atomic E-state index is -0.943. The van der Waals surface area contributed by atoms with Crippen LogP contribution in [0.5, 0.6) is 0 Å². The first-order chi connectivity index (χ1) is 6.97. The van der Waals surface area contributed by atoms with Gasteiger partial charge in [-0.05, 0) is 6.42 Å². The topological polar surface area (TPSA) is 86.7 Å². The molecule has 0 aromatic carbocycles. The van der Waals surface area contributed by atoms with Crippen LogP contribution in [0.4, 0.5) is 0 Å². The van der Waals surface area contributed by atoms with Gasteiger partial charge in [-0.15, -0.1) is 0 Å². The van der Waals surface area contributed by atoms with E-state index in [1.807, 2.05) is 0 Å². The molecule has 0 radical (unpaired) electrons. The molecular formula is C9H14N2O4. The number of carbonyl (C=O) groups excluding carboxylic acids is 2. The molecule has 0 spiro atoms. The van der Waals surface area contributed by atoms with Gasteiger partial charge in [0, 0.05) is 14.1 Å². The summed E-state index contributed by atoms with van der Waals surface area (Å²) in [5.41, 5.74) is 0. The number of nitrogens with one attached hydrogen (secondary N) is 1. The zero-order valence-corrected chi connectivity index (χ0v) is 8.69. The van der Waals surface area contributed by atoms with Crippen LogP contribution >= 0.6 is 0 Å². The van der Waals surface area contributed by atoms with E-state index < -0.39 is 17.8 Å². The maximum Gasteiger partial charge on any atom is 0.307 e. The summed E-state index contributed by atoms with van der Waals surface area (Å²) < 4.78 is 0. The molecule has 6 heteroatoms. The summed E-state index contributed by atoms with van der Waals surface area (Å²) in [6.45, 7) is -0.0296. The molecule has 2 atom stereocenters. The molecular weight excluding hydrogens is 200 g/mol. The maximum atomic E-state index is 11.6. The second-order valence-corrected chi connectivity index (χ2v) is 3.65. The Morgan fingerprint density at radius 2 is 2.00 bits per heavy atom. The van der Waals surface area contributed by atoms with Gasteiger partial charge in [-0.25, -0.2) is 0 Å². The number of aliphatic carboxylic acids is 1. The van der Waals surface area contributed by atoms with Crippen LogP contribution in [0.3, 0.4) is 0 Å². The summed E-state index contributed by atoms with van der Waals surface area (Å²) in [6, 6.07) is 0. The summed E-state index contributed by atoms with van der Waals surface area (Å²) in [5, 5.41) is 11.0. The Morgan fingerprint density at radius 3 is 2.40 bits per heavy atom. The van der Waals surface area contributed by atoms with Crippen LogP contribution in [0, 0.1) is 11.8 Å². The quantitative estimate of drug-likeness (QED) is 0.622. The smallest absolute Gasteiger partial charge is 0.307 e. The van der Waals surface area contributed by atoms with E-state index >= 15 is 0 Å². The average Bonchev–Trinajstić information content (AvgIpc) is 2.95. The lowest BCUT2D eigenvalue weighted by molar-refractivity contribution is -0.142. The number of likely N-dealkylation sites (N-methyl/N-ethyl adjacent to an activating group) is 2. The highest BCUT2D eigenvalue weighted by Crippen LogP contribution is 2.39. The first kappa shape index (κ1) is 11.5. The van der Waals surface area contributed by atoms with Crippen molar-refractivity contribution in [3.63, 3.8) is 0 Å². The Kier molecular flexibility index (Phi) is 3.28. The third-order valence-corrected chi connectivity index (χ3v) is 2.46. The van der Waals surface area contributed by atoms with Crippen molar-refractivity contribution in [1.29, 1.82) is 0 Å². The Hall–Kier alpha value is -1.59. The van der Waals surface area contributed by atoms with Gasteiger partial charge >= 0.3 is 5.97 Å². The van der Waals surface area contributed by atoms with E-state index in [1.165, 1.54) is 19.0 Å². The molecule has 0 bridgehead atoms. The van der Waals surface area contributed by atoms with Crippen LogP contribution in [0.15, 0.2) is 0 Å². The Morgan fingerprint density at radius 1 is 1.40 bits per heavy atom. The molecule has 84 valence electrons. The number of hydrogen-bond acceptors (Lipinski definition) is 3. The van der Waals surface area contributed by atoms with Gasteiger partial charge in [0.15, 0.2) is 0 Å².